The Kier molecular flexibility index (Phi) is 9.45. The second-order valence-corrected chi connectivity index (χ2v) is 11.4. The fourth-order valence-electron chi connectivity index (χ4n) is 5.31. The molecular weight excluding hydrogens is 518 g/mol. The lowest BCUT2D eigenvalue weighted by Gasteiger charge is -2.33. The Hall–Kier alpha value is -3.71. The quantitative estimate of drug-likeness (QED) is 0.197. The first kappa shape index (κ1) is 27.8. The molecule has 1 fully saturated rings. The Morgan fingerprint density at radius 1 is 1.05 bits per heavy atom. The summed E-state index contributed by atoms with van der Waals surface area (Å²) in [6, 6.07) is 20.6. The zero-order valence-electron chi connectivity index (χ0n) is 23.1. The summed E-state index contributed by atoms with van der Waals surface area (Å²) in [6.07, 6.45) is 9.21. The molecule has 1 atom stereocenters. The molecule has 0 spiro atoms. The molecule has 4 aromatic rings. The number of benzene rings is 2. The number of carbonyl (C=O) groups is 2. The van der Waals surface area contributed by atoms with E-state index in [4.69, 9.17) is 4.74 Å². The Morgan fingerprint density at radius 3 is 2.62 bits per heavy atom. The summed E-state index contributed by atoms with van der Waals surface area (Å²) >= 11 is 1.39. The fourth-order valence-corrected chi connectivity index (χ4v) is 5.99. The molecule has 2 heterocycles. The average molecular weight is 556 g/mol. The lowest BCUT2D eigenvalue weighted by Crippen LogP contribution is -2.46. The average Bonchev–Trinajstić information content (AvgIpc) is 3.53. The molecule has 0 unspecified atom stereocenters. The zero-order valence-corrected chi connectivity index (χ0v) is 23.9. The van der Waals surface area contributed by atoms with Crippen LogP contribution in [0.2, 0.25) is 0 Å². The number of hydrogen-bond acceptors (Lipinski definition) is 5. The fraction of sp³-hybridized carbons (Fsp3) is 0.364. The molecule has 0 bridgehead atoms. The first-order valence-corrected chi connectivity index (χ1v) is 15.2. The van der Waals surface area contributed by atoms with Crippen LogP contribution in [0.1, 0.15) is 78.7 Å². The maximum Gasteiger partial charge on any atom is 0.265 e. The maximum atomic E-state index is 14.1. The van der Waals surface area contributed by atoms with E-state index >= 15 is 0 Å². The minimum atomic E-state index is -0.790. The smallest absolute Gasteiger partial charge is 0.265 e. The van der Waals surface area contributed by atoms with Gasteiger partial charge in [-0.15, -0.1) is 11.3 Å². The number of fused-ring (bicyclic) bond motifs is 1. The largest absolute Gasteiger partial charge is 0.494 e. The molecular formula is C33H37N3O3S. The van der Waals surface area contributed by atoms with Gasteiger partial charge in [0.05, 0.1) is 17.0 Å². The molecule has 7 heteroatoms. The van der Waals surface area contributed by atoms with Crippen LogP contribution in [0.5, 0.6) is 5.75 Å². The zero-order chi connectivity index (χ0) is 27.7. The monoisotopic (exact) mass is 555 g/mol. The standard InChI is InChI=1S/C33H37N3O3S/c1-2-3-20-39-28-16-13-24(14-17-28)23-36(33(38)30-12-8-21-40-30)31(32(37)35-27-10-5-4-6-11-27)26-15-18-29-25(22-26)9-7-19-34-29/h7-9,12-19,21-22,27,31H,2-6,10-11,20,23H2,1H3,(H,35,37)/t31-/m1/s1. The van der Waals surface area contributed by atoms with E-state index in [0.717, 1.165) is 66.3 Å². The lowest BCUT2D eigenvalue weighted by molar-refractivity contribution is -0.127. The Balaban J connectivity index is 1.50. The van der Waals surface area contributed by atoms with E-state index < -0.39 is 6.04 Å². The number of rotatable bonds is 11. The Bertz CT molecular complexity index is 1400. The lowest BCUT2D eigenvalue weighted by atomic mass is 9.94. The third-order valence-corrected chi connectivity index (χ3v) is 8.35. The molecule has 5 rings (SSSR count). The molecule has 0 radical (unpaired) electrons. The van der Waals surface area contributed by atoms with E-state index in [1.165, 1.54) is 17.8 Å². The molecule has 1 aliphatic carbocycles. The summed E-state index contributed by atoms with van der Waals surface area (Å²) in [5.41, 5.74) is 2.57. The number of unbranched alkanes of at least 4 members (excludes halogenated alkanes) is 1. The Labute approximate surface area is 240 Å². The maximum absolute atomic E-state index is 14.1. The number of nitrogens with zero attached hydrogens (tertiary/aromatic N) is 2. The number of pyridine rings is 1. The summed E-state index contributed by atoms with van der Waals surface area (Å²) in [5.74, 6) is 0.509. The summed E-state index contributed by atoms with van der Waals surface area (Å²) in [5, 5.41) is 6.14. The number of amides is 2. The van der Waals surface area contributed by atoms with Crippen molar-refractivity contribution < 1.29 is 14.3 Å². The molecule has 208 valence electrons. The first-order valence-electron chi connectivity index (χ1n) is 14.3. The number of carbonyl (C=O) groups excluding carboxylic acids is 2. The third-order valence-electron chi connectivity index (χ3n) is 7.49. The number of aromatic nitrogens is 1. The predicted molar refractivity (Wildman–Crippen MR) is 161 cm³/mol. The van der Waals surface area contributed by atoms with Crippen molar-refractivity contribution in [1.82, 2.24) is 15.2 Å². The van der Waals surface area contributed by atoms with Crippen LogP contribution in [-0.4, -0.2) is 34.3 Å². The molecule has 1 N–H and O–H groups in total. The van der Waals surface area contributed by atoms with Crippen LogP contribution in [0.15, 0.2) is 78.3 Å². The van der Waals surface area contributed by atoms with Crippen molar-refractivity contribution >= 4 is 34.1 Å². The van der Waals surface area contributed by atoms with Crippen LogP contribution in [-0.2, 0) is 11.3 Å². The predicted octanol–water partition coefficient (Wildman–Crippen LogP) is 7.31. The van der Waals surface area contributed by atoms with Gasteiger partial charge >= 0.3 is 0 Å². The Morgan fingerprint density at radius 2 is 1.88 bits per heavy atom. The van der Waals surface area contributed by atoms with Crippen molar-refractivity contribution in [2.24, 2.45) is 0 Å². The first-order chi connectivity index (χ1) is 19.6. The third kappa shape index (κ3) is 6.89. The van der Waals surface area contributed by atoms with E-state index in [9.17, 15) is 9.59 Å². The van der Waals surface area contributed by atoms with Gasteiger partial charge < -0.3 is 15.0 Å². The molecule has 0 aliphatic heterocycles. The van der Waals surface area contributed by atoms with Crippen molar-refractivity contribution in [1.29, 1.82) is 0 Å². The van der Waals surface area contributed by atoms with Crippen LogP contribution in [0.3, 0.4) is 0 Å². The van der Waals surface area contributed by atoms with Gasteiger partial charge in [0.2, 0.25) is 5.91 Å². The van der Waals surface area contributed by atoms with Gasteiger partial charge in [0, 0.05) is 24.2 Å². The van der Waals surface area contributed by atoms with E-state index in [-0.39, 0.29) is 17.9 Å². The van der Waals surface area contributed by atoms with E-state index in [0.29, 0.717) is 18.0 Å². The van der Waals surface area contributed by atoms with Crippen molar-refractivity contribution in [3.05, 3.63) is 94.3 Å². The highest BCUT2D eigenvalue weighted by Crippen LogP contribution is 2.30. The summed E-state index contributed by atoms with van der Waals surface area (Å²) in [7, 11) is 0. The van der Waals surface area contributed by atoms with Crippen LogP contribution in [0.4, 0.5) is 0 Å². The molecule has 1 aliphatic rings. The summed E-state index contributed by atoms with van der Waals surface area (Å²) < 4.78 is 5.84. The number of thiophene rings is 1. The molecule has 0 saturated heterocycles. The van der Waals surface area contributed by atoms with Crippen LogP contribution >= 0.6 is 11.3 Å². The van der Waals surface area contributed by atoms with Crippen LogP contribution in [0.25, 0.3) is 10.9 Å². The van der Waals surface area contributed by atoms with Gasteiger partial charge in [0.1, 0.15) is 11.8 Å². The minimum Gasteiger partial charge on any atom is -0.494 e. The van der Waals surface area contributed by atoms with E-state index in [2.05, 4.69) is 17.2 Å². The van der Waals surface area contributed by atoms with E-state index in [1.54, 1.807) is 11.1 Å². The van der Waals surface area contributed by atoms with E-state index in [1.807, 2.05) is 72.1 Å². The molecule has 40 heavy (non-hydrogen) atoms. The summed E-state index contributed by atoms with van der Waals surface area (Å²) in [6.45, 7) is 3.11. The van der Waals surface area contributed by atoms with Gasteiger partial charge in [-0.3, -0.25) is 14.6 Å². The van der Waals surface area contributed by atoms with Gasteiger partial charge in [0.15, 0.2) is 0 Å². The van der Waals surface area contributed by atoms with Gasteiger partial charge in [-0.1, -0.05) is 62.9 Å². The highest BCUT2D eigenvalue weighted by Gasteiger charge is 2.34. The molecule has 2 aromatic carbocycles. The van der Waals surface area contributed by atoms with Gasteiger partial charge in [-0.25, -0.2) is 0 Å². The molecule has 2 aromatic heterocycles. The van der Waals surface area contributed by atoms with Crippen molar-refractivity contribution in [3.63, 3.8) is 0 Å². The summed E-state index contributed by atoms with van der Waals surface area (Å²) in [4.78, 5) is 34.9. The van der Waals surface area contributed by atoms with Crippen molar-refractivity contribution in [2.45, 2.75) is 70.5 Å². The second-order valence-electron chi connectivity index (χ2n) is 10.5. The van der Waals surface area contributed by atoms with Crippen LogP contribution < -0.4 is 10.1 Å². The van der Waals surface area contributed by atoms with Gasteiger partial charge in [-0.05, 0) is 72.2 Å². The van der Waals surface area contributed by atoms with Gasteiger partial charge in [-0.2, -0.15) is 0 Å². The topological polar surface area (TPSA) is 71.5 Å². The van der Waals surface area contributed by atoms with Crippen molar-refractivity contribution in [3.8, 4) is 5.75 Å². The number of nitrogens with one attached hydrogen (secondary N) is 1. The SMILES string of the molecule is CCCCOc1ccc(CN(C(=O)c2cccs2)[C@@H](C(=O)NC2CCCCC2)c2ccc3ncccc3c2)cc1. The van der Waals surface area contributed by atoms with Crippen LogP contribution in [0, 0.1) is 0 Å². The van der Waals surface area contributed by atoms with Crippen molar-refractivity contribution in [2.75, 3.05) is 6.61 Å². The molecule has 2 amide bonds. The number of hydrogen-bond donors (Lipinski definition) is 1. The molecule has 1 saturated carbocycles. The highest BCUT2D eigenvalue weighted by molar-refractivity contribution is 7.12. The number of ether oxygens (including phenoxy) is 1. The minimum absolute atomic E-state index is 0.129. The molecule has 6 nitrogen and oxygen atoms in total. The normalized spacial score (nSPS) is 14.5. The highest BCUT2D eigenvalue weighted by atomic mass is 32.1. The second kappa shape index (κ2) is 13.6. The van der Waals surface area contributed by atoms with Gasteiger partial charge in [0.25, 0.3) is 5.91 Å².